The number of nitro benzene ring substituents is 1. The fourth-order valence-electron chi connectivity index (χ4n) is 3.59. The normalized spacial score (nSPS) is 15.9. The van der Waals surface area contributed by atoms with Crippen LogP contribution in [0.25, 0.3) is 0 Å². The van der Waals surface area contributed by atoms with Crippen molar-refractivity contribution in [3.63, 3.8) is 0 Å². The molecule has 1 N–H and O–H groups in total. The fraction of sp³-hybridized carbons (Fsp3) is 0.579. The van der Waals surface area contributed by atoms with E-state index in [9.17, 15) is 19.7 Å². The third-order valence-electron chi connectivity index (χ3n) is 5.06. The molecule has 1 saturated carbocycles. The Morgan fingerprint density at radius 3 is 2.19 bits per heavy atom. The highest BCUT2D eigenvalue weighted by molar-refractivity contribution is 5.92. The standard InChI is InChI=1S/C19H27N3O4/c1-3-21(4-2)18(24)19(12-6-5-7-13-19)20-17(23)14-15-8-10-16(11-9-15)22(25)26/h8-11H,3-7,12-14H2,1-2H3,(H,20,23). The lowest BCUT2D eigenvalue weighted by Crippen LogP contribution is -2.60. The van der Waals surface area contributed by atoms with E-state index in [1.807, 2.05) is 13.8 Å². The summed E-state index contributed by atoms with van der Waals surface area (Å²) in [6.07, 6.45) is 4.34. The van der Waals surface area contributed by atoms with Gasteiger partial charge in [0.2, 0.25) is 11.8 Å². The Morgan fingerprint density at radius 2 is 1.69 bits per heavy atom. The lowest BCUT2D eigenvalue weighted by atomic mass is 9.80. The van der Waals surface area contributed by atoms with Crippen molar-refractivity contribution in [2.45, 2.75) is 57.9 Å². The van der Waals surface area contributed by atoms with Crippen molar-refractivity contribution in [1.29, 1.82) is 0 Å². The number of hydrogen-bond donors (Lipinski definition) is 1. The highest BCUT2D eigenvalue weighted by Crippen LogP contribution is 2.30. The van der Waals surface area contributed by atoms with Crippen molar-refractivity contribution in [1.82, 2.24) is 10.2 Å². The number of nitro groups is 1. The van der Waals surface area contributed by atoms with Gasteiger partial charge in [0, 0.05) is 25.2 Å². The Morgan fingerprint density at radius 1 is 1.12 bits per heavy atom. The lowest BCUT2D eigenvalue weighted by Gasteiger charge is -2.40. The van der Waals surface area contributed by atoms with Gasteiger partial charge in [0.25, 0.3) is 5.69 Å². The van der Waals surface area contributed by atoms with Crippen LogP contribution in [0.2, 0.25) is 0 Å². The number of carbonyl (C=O) groups excluding carboxylic acids is 2. The summed E-state index contributed by atoms with van der Waals surface area (Å²) >= 11 is 0. The van der Waals surface area contributed by atoms with Gasteiger partial charge in [-0.2, -0.15) is 0 Å². The fourth-order valence-corrected chi connectivity index (χ4v) is 3.59. The number of hydrogen-bond acceptors (Lipinski definition) is 4. The summed E-state index contributed by atoms with van der Waals surface area (Å²) in [4.78, 5) is 37.6. The van der Waals surface area contributed by atoms with Crippen molar-refractivity contribution in [2.24, 2.45) is 0 Å². The molecule has 7 heteroatoms. The van der Waals surface area contributed by atoms with Gasteiger partial charge in [0.1, 0.15) is 5.54 Å². The Balaban J connectivity index is 2.11. The first-order chi connectivity index (χ1) is 12.4. The number of nitrogens with one attached hydrogen (secondary N) is 1. The molecule has 26 heavy (non-hydrogen) atoms. The van der Waals surface area contributed by atoms with Crippen LogP contribution in [-0.4, -0.2) is 40.3 Å². The largest absolute Gasteiger partial charge is 0.341 e. The maximum Gasteiger partial charge on any atom is 0.269 e. The predicted octanol–water partition coefficient (Wildman–Crippen LogP) is 2.82. The molecule has 1 aliphatic rings. The molecule has 0 bridgehead atoms. The molecule has 2 rings (SSSR count). The lowest BCUT2D eigenvalue weighted by molar-refractivity contribution is -0.384. The summed E-state index contributed by atoms with van der Waals surface area (Å²) in [5, 5.41) is 13.7. The summed E-state index contributed by atoms with van der Waals surface area (Å²) in [6, 6.07) is 5.94. The van der Waals surface area contributed by atoms with Gasteiger partial charge in [-0.1, -0.05) is 31.4 Å². The van der Waals surface area contributed by atoms with Crippen LogP contribution in [-0.2, 0) is 16.0 Å². The summed E-state index contributed by atoms with van der Waals surface area (Å²) in [5.74, 6) is -0.222. The molecule has 2 amide bonds. The minimum Gasteiger partial charge on any atom is -0.341 e. The van der Waals surface area contributed by atoms with Crippen LogP contribution in [0.1, 0.15) is 51.5 Å². The average molecular weight is 361 g/mol. The van der Waals surface area contributed by atoms with Crippen LogP contribution in [0.15, 0.2) is 24.3 Å². The van der Waals surface area contributed by atoms with Crippen LogP contribution >= 0.6 is 0 Å². The van der Waals surface area contributed by atoms with Crippen LogP contribution in [0.5, 0.6) is 0 Å². The Hall–Kier alpha value is -2.44. The van der Waals surface area contributed by atoms with Crippen LogP contribution in [0.4, 0.5) is 5.69 Å². The molecule has 0 aromatic heterocycles. The molecular weight excluding hydrogens is 334 g/mol. The quantitative estimate of drug-likeness (QED) is 0.597. The zero-order chi connectivity index (χ0) is 19.2. The summed E-state index contributed by atoms with van der Waals surface area (Å²) < 4.78 is 0. The smallest absolute Gasteiger partial charge is 0.269 e. The van der Waals surface area contributed by atoms with Gasteiger partial charge in [-0.3, -0.25) is 19.7 Å². The monoisotopic (exact) mass is 361 g/mol. The van der Waals surface area contributed by atoms with Crippen LogP contribution < -0.4 is 5.32 Å². The Labute approximate surface area is 153 Å². The maximum atomic E-state index is 13.0. The number of carbonyl (C=O) groups is 2. The first-order valence-corrected chi connectivity index (χ1v) is 9.25. The van der Waals surface area contributed by atoms with Crippen molar-refractivity contribution >= 4 is 17.5 Å². The molecule has 0 saturated heterocycles. The first kappa shape index (κ1) is 19.9. The molecule has 0 atom stereocenters. The van der Waals surface area contributed by atoms with Gasteiger partial charge < -0.3 is 10.2 Å². The highest BCUT2D eigenvalue weighted by Gasteiger charge is 2.42. The van der Waals surface area contributed by atoms with E-state index in [4.69, 9.17) is 0 Å². The molecule has 1 fully saturated rings. The number of likely N-dealkylation sites (N-methyl/N-ethyl adjacent to an activating group) is 1. The number of nitrogens with zero attached hydrogens (tertiary/aromatic N) is 2. The highest BCUT2D eigenvalue weighted by atomic mass is 16.6. The van der Waals surface area contributed by atoms with Gasteiger partial charge in [-0.15, -0.1) is 0 Å². The summed E-state index contributed by atoms with van der Waals surface area (Å²) in [7, 11) is 0. The van der Waals surface area contributed by atoms with E-state index < -0.39 is 10.5 Å². The van der Waals surface area contributed by atoms with Gasteiger partial charge in [-0.25, -0.2) is 0 Å². The van der Waals surface area contributed by atoms with E-state index in [0.717, 1.165) is 19.3 Å². The van der Waals surface area contributed by atoms with Crippen molar-refractivity contribution < 1.29 is 14.5 Å². The third kappa shape index (κ3) is 4.59. The second-order valence-corrected chi connectivity index (χ2v) is 6.77. The molecule has 0 unspecified atom stereocenters. The number of benzene rings is 1. The van der Waals surface area contributed by atoms with Gasteiger partial charge in [-0.05, 0) is 32.3 Å². The minimum absolute atomic E-state index is 0.000695. The molecule has 0 spiro atoms. The van der Waals surface area contributed by atoms with E-state index in [-0.39, 0.29) is 23.9 Å². The van der Waals surface area contributed by atoms with E-state index in [0.29, 0.717) is 31.5 Å². The third-order valence-corrected chi connectivity index (χ3v) is 5.06. The van der Waals surface area contributed by atoms with E-state index in [1.54, 1.807) is 17.0 Å². The number of amides is 2. The predicted molar refractivity (Wildman–Crippen MR) is 98.7 cm³/mol. The maximum absolute atomic E-state index is 13.0. The van der Waals surface area contributed by atoms with Gasteiger partial charge >= 0.3 is 0 Å². The molecular formula is C19H27N3O4. The van der Waals surface area contributed by atoms with Crippen molar-refractivity contribution in [2.75, 3.05) is 13.1 Å². The number of non-ortho nitro benzene ring substituents is 1. The second kappa shape index (κ2) is 8.78. The van der Waals surface area contributed by atoms with Crippen molar-refractivity contribution in [3.8, 4) is 0 Å². The zero-order valence-corrected chi connectivity index (χ0v) is 15.5. The van der Waals surface area contributed by atoms with Gasteiger partial charge in [0.05, 0.1) is 11.3 Å². The topological polar surface area (TPSA) is 92.6 Å². The van der Waals surface area contributed by atoms with E-state index in [1.165, 1.54) is 12.1 Å². The van der Waals surface area contributed by atoms with Gasteiger partial charge in [0.15, 0.2) is 0 Å². The Kier molecular flexibility index (Phi) is 6.71. The van der Waals surface area contributed by atoms with Crippen LogP contribution in [0.3, 0.4) is 0 Å². The molecule has 0 heterocycles. The minimum atomic E-state index is -0.817. The zero-order valence-electron chi connectivity index (χ0n) is 15.5. The van der Waals surface area contributed by atoms with E-state index in [2.05, 4.69) is 5.32 Å². The average Bonchev–Trinajstić information content (AvgIpc) is 2.63. The van der Waals surface area contributed by atoms with Crippen molar-refractivity contribution in [3.05, 3.63) is 39.9 Å². The second-order valence-electron chi connectivity index (χ2n) is 6.77. The van der Waals surface area contributed by atoms with Crippen LogP contribution in [0, 0.1) is 10.1 Å². The number of rotatable bonds is 7. The SMILES string of the molecule is CCN(CC)C(=O)C1(NC(=O)Cc2ccc([N+](=O)[O-])cc2)CCCCC1. The molecule has 142 valence electrons. The Bertz CT molecular complexity index is 647. The molecule has 1 aromatic rings. The van der Waals surface area contributed by atoms with E-state index >= 15 is 0 Å². The molecule has 1 aromatic carbocycles. The first-order valence-electron chi connectivity index (χ1n) is 9.25. The molecule has 7 nitrogen and oxygen atoms in total. The summed E-state index contributed by atoms with van der Waals surface area (Å²) in [5.41, 5.74) is -0.133. The molecule has 1 aliphatic carbocycles. The summed E-state index contributed by atoms with van der Waals surface area (Å²) in [6.45, 7) is 5.12. The molecule has 0 aliphatic heterocycles. The molecule has 0 radical (unpaired) electrons.